The maximum Gasteiger partial charge on any atom is 0.509 e. The number of hydrogen-bond acceptors (Lipinski definition) is 17. The molecule has 0 aromatic heterocycles. The maximum absolute atomic E-state index is 14.8. The number of methoxy groups -OCH3 is 1. The predicted octanol–water partition coefficient (Wildman–Crippen LogP) is 7.30. The second kappa shape index (κ2) is 20.7. The number of cyclic esters (lactones) is 1. The molecule has 5 rings (SSSR count). The number of halogens is 3. The molecule has 8 unspecified atom stereocenters. The van der Waals surface area contributed by atoms with Crippen LogP contribution in [0, 0.1) is 23.7 Å². The standard InChI is InChI=1S/C44H70Cl3NO16/c1-15-16-29-43(11)35(61-40(52)64-43)23(4)31-21(2)18-42(10,63-31)34(60-38-33(57-27(8)49)28(48(12)13)17-22(3)55-38)24(5)32(25(6)37(50)58-29)59-30-19-41(9,53-14)36(26(7)56-30)62-39(51)54-20-44(45,46)47/h21-26,28-36,38H,15-20H2,1-14H3/t21-,22?,23+,24+,25-,26?,28?,29-,30?,31-,32+,33?,34-,35-,36?,38?,41?,42-,43-/m1/s1. The molecule has 5 aliphatic rings. The van der Waals surface area contributed by atoms with Crippen LogP contribution >= 0.6 is 34.8 Å². The Hall–Kier alpha value is -1.93. The number of esters is 2. The van der Waals surface area contributed by atoms with Gasteiger partial charge in [0.25, 0.3) is 0 Å². The normalized spacial score (nSPS) is 44.3. The van der Waals surface area contributed by atoms with Gasteiger partial charge < -0.3 is 61.7 Å². The summed E-state index contributed by atoms with van der Waals surface area (Å²) in [6.07, 6.45) is -9.16. The van der Waals surface area contributed by atoms with E-state index in [0.717, 1.165) is 0 Å². The molecule has 368 valence electrons. The van der Waals surface area contributed by atoms with Crippen molar-refractivity contribution in [2.45, 2.75) is 202 Å². The summed E-state index contributed by atoms with van der Waals surface area (Å²) in [5, 5.41) is 0. The number of ether oxygens (including phenoxy) is 12. The first-order chi connectivity index (χ1) is 29.7. The lowest BCUT2D eigenvalue weighted by atomic mass is 9.76. The minimum absolute atomic E-state index is 0.0188. The largest absolute Gasteiger partial charge is 0.509 e. The quantitative estimate of drug-likeness (QED) is 0.114. The van der Waals surface area contributed by atoms with Gasteiger partial charge in [0.05, 0.1) is 48.1 Å². The Balaban J connectivity index is 1.60. The van der Waals surface area contributed by atoms with E-state index in [9.17, 15) is 19.2 Å². The molecule has 20 heteroatoms. The molecule has 0 amide bonds. The predicted molar refractivity (Wildman–Crippen MR) is 232 cm³/mol. The van der Waals surface area contributed by atoms with E-state index in [0.29, 0.717) is 25.7 Å². The number of fused-ring (bicyclic) bond motifs is 3. The van der Waals surface area contributed by atoms with Gasteiger partial charge in [-0.1, -0.05) is 68.9 Å². The van der Waals surface area contributed by atoms with Crippen LogP contribution in [0.1, 0.15) is 108 Å². The molecule has 5 aliphatic heterocycles. The number of rotatable bonds is 11. The molecular weight excluding hydrogens is 905 g/mol. The highest BCUT2D eigenvalue weighted by Gasteiger charge is 2.63. The van der Waals surface area contributed by atoms with E-state index < -0.39 is 131 Å². The van der Waals surface area contributed by atoms with E-state index in [2.05, 4.69) is 6.92 Å². The highest BCUT2D eigenvalue weighted by atomic mass is 35.6. The molecule has 2 bridgehead atoms. The minimum Gasteiger partial charge on any atom is -0.458 e. The molecule has 0 aromatic rings. The third-order valence-corrected chi connectivity index (χ3v) is 14.2. The van der Waals surface area contributed by atoms with Crippen LogP contribution in [0.25, 0.3) is 0 Å². The maximum atomic E-state index is 14.8. The molecule has 5 saturated heterocycles. The summed E-state index contributed by atoms with van der Waals surface area (Å²) in [7, 11) is 5.28. The van der Waals surface area contributed by atoms with Crippen LogP contribution in [0.15, 0.2) is 0 Å². The Morgan fingerprint density at radius 3 is 2.16 bits per heavy atom. The molecule has 0 aromatic carbocycles. The zero-order chi connectivity index (χ0) is 47.9. The third kappa shape index (κ3) is 11.7. The lowest BCUT2D eigenvalue weighted by molar-refractivity contribution is -0.320. The fourth-order valence-corrected chi connectivity index (χ4v) is 10.9. The van der Waals surface area contributed by atoms with Crippen LogP contribution in [0.3, 0.4) is 0 Å². The van der Waals surface area contributed by atoms with E-state index in [1.165, 1.54) is 14.0 Å². The monoisotopic (exact) mass is 973 g/mol. The van der Waals surface area contributed by atoms with E-state index >= 15 is 0 Å². The van der Waals surface area contributed by atoms with Crippen molar-refractivity contribution < 1.29 is 76.0 Å². The summed E-state index contributed by atoms with van der Waals surface area (Å²) in [4.78, 5) is 55.3. The fourth-order valence-electron chi connectivity index (χ4n) is 10.7. The van der Waals surface area contributed by atoms with Crippen molar-refractivity contribution in [3.63, 3.8) is 0 Å². The minimum atomic E-state index is -1.86. The summed E-state index contributed by atoms with van der Waals surface area (Å²) in [6, 6.07) is -0.267. The summed E-state index contributed by atoms with van der Waals surface area (Å²) in [5.41, 5.74) is -3.66. The number of alkyl halides is 3. The molecule has 19 atom stereocenters. The zero-order valence-electron chi connectivity index (χ0n) is 39.6. The van der Waals surface area contributed by atoms with Gasteiger partial charge in [-0.15, -0.1) is 0 Å². The molecule has 64 heavy (non-hydrogen) atoms. The summed E-state index contributed by atoms with van der Waals surface area (Å²) < 4.78 is 73.4. The van der Waals surface area contributed by atoms with Crippen molar-refractivity contribution in [3.8, 4) is 0 Å². The summed E-state index contributed by atoms with van der Waals surface area (Å²) >= 11 is 17.4. The number of carbonyl (C=O) groups excluding carboxylic acids is 4. The molecule has 0 saturated carbocycles. The van der Waals surface area contributed by atoms with Gasteiger partial charge in [-0.05, 0) is 80.8 Å². The average Bonchev–Trinajstić information content (AvgIpc) is 3.69. The average molecular weight is 975 g/mol. The molecule has 0 N–H and O–H groups in total. The Labute approximate surface area is 392 Å². The Kier molecular flexibility index (Phi) is 17.2. The van der Waals surface area contributed by atoms with Crippen molar-refractivity contribution in [1.29, 1.82) is 0 Å². The van der Waals surface area contributed by atoms with Crippen molar-refractivity contribution in [1.82, 2.24) is 4.90 Å². The molecule has 17 nitrogen and oxygen atoms in total. The molecule has 5 fully saturated rings. The smallest absolute Gasteiger partial charge is 0.458 e. The first kappa shape index (κ1) is 53.0. The lowest BCUT2D eigenvalue weighted by Crippen LogP contribution is -2.61. The number of likely N-dealkylation sites (N-methyl/N-ethyl adjacent to an activating group) is 1. The van der Waals surface area contributed by atoms with Gasteiger partial charge in [-0.3, -0.25) is 9.59 Å². The molecule has 5 heterocycles. The Morgan fingerprint density at radius 1 is 0.891 bits per heavy atom. The fraction of sp³-hybridized carbons (Fsp3) is 0.909. The number of hydrogen-bond donors (Lipinski definition) is 0. The van der Waals surface area contributed by atoms with Crippen LogP contribution in [0.2, 0.25) is 0 Å². The van der Waals surface area contributed by atoms with Gasteiger partial charge in [0.2, 0.25) is 3.79 Å². The van der Waals surface area contributed by atoms with Crippen molar-refractivity contribution in [3.05, 3.63) is 0 Å². The van der Waals surface area contributed by atoms with Gasteiger partial charge in [0, 0.05) is 32.3 Å². The Bertz CT molecular complexity index is 1660. The van der Waals surface area contributed by atoms with Crippen LogP contribution in [0.5, 0.6) is 0 Å². The van der Waals surface area contributed by atoms with E-state index in [1.54, 1.807) is 27.7 Å². The number of nitrogens with zero attached hydrogens (tertiary/aromatic N) is 1. The zero-order valence-corrected chi connectivity index (χ0v) is 41.9. The van der Waals surface area contributed by atoms with E-state index in [-0.39, 0.29) is 24.5 Å². The highest BCUT2D eigenvalue weighted by Crippen LogP contribution is 2.50. The van der Waals surface area contributed by atoms with Gasteiger partial charge in [-0.2, -0.15) is 0 Å². The molecule has 0 spiro atoms. The van der Waals surface area contributed by atoms with E-state index in [4.69, 9.17) is 91.6 Å². The summed E-state index contributed by atoms with van der Waals surface area (Å²) in [6.45, 7) is 19.4. The van der Waals surface area contributed by atoms with E-state index in [1.807, 2.05) is 53.6 Å². The van der Waals surface area contributed by atoms with Gasteiger partial charge in [-0.25, -0.2) is 9.59 Å². The van der Waals surface area contributed by atoms with Crippen LogP contribution in [-0.4, -0.2) is 151 Å². The third-order valence-electron chi connectivity index (χ3n) is 13.8. The second-order valence-corrected chi connectivity index (χ2v) is 21.9. The molecule has 0 radical (unpaired) electrons. The van der Waals surface area contributed by atoms with Crippen molar-refractivity contribution in [2.24, 2.45) is 23.7 Å². The number of carbonyl (C=O) groups is 4. The van der Waals surface area contributed by atoms with Gasteiger partial charge >= 0.3 is 24.2 Å². The first-order valence-corrected chi connectivity index (χ1v) is 23.5. The second-order valence-electron chi connectivity index (χ2n) is 19.4. The van der Waals surface area contributed by atoms with Crippen molar-refractivity contribution in [2.75, 3.05) is 27.8 Å². The van der Waals surface area contributed by atoms with Crippen LogP contribution < -0.4 is 0 Å². The van der Waals surface area contributed by atoms with Gasteiger partial charge in [0.1, 0.15) is 18.3 Å². The molecule has 0 aliphatic carbocycles. The SMILES string of the molecule is CCC[C@H]1OC(=O)[C@H](C)[C@@H](OC2CC(C)(OC)C(OC(=O)OCC(Cl)(Cl)Cl)C(C)O2)[C@H](C)[C@@H](OC2OC(C)CC(N(C)C)C2OC(C)=O)[C@@]2(C)C[C@@H](C)[C@@H](O2)[C@H](C)[C@H]2OC(=O)O[C@@]21C. The molecular formula is C44H70Cl3NO16. The highest BCUT2D eigenvalue weighted by molar-refractivity contribution is 6.67. The van der Waals surface area contributed by atoms with Crippen molar-refractivity contribution >= 4 is 59.1 Å². The van der Waals surface area contributed by atoms with Crippen LogP contribution in [0.4, 0.5) is 9.59 Å². The first-order valence-electron chi connectivity index (χ1n) is 22.4. The topological polar surface area (TPSA) is 182 Å². The summed E-state index contributed by atoms with van der Waals surface area (Å²) in [5.74, 6) is -3.36. The lowest BCUT2D eigenvalue weighted by Gasteiger charge is -2.49. The van der Waals surface area contributed by atoms with Gasteiger partial charge in [0.15, 0.2) is 36.5 Å². The Morgan fingerprint density at radius 2 is 1.56 bits per heavy atom. The van der Waals surface area contributed by atoms with Crippen LogP contribution in [-0.2, 0) is 66.4 Å².